The highest BCUT2D eigenvalue weighted by molar-refractivity contribution is 7.89. The van der Waals surface area contributed by atoms with E-state index in [1.165, 1.54) is 30.8 Å². The second-order valence-corrected chi connectivity index (χ2v) is 6.55. The lowest BCUT2D eigenvalue weighted by Crippen LogP contribution is -2.59. The van der Waals surface area contributed by atoms with Crippen LogP contribution < -0.4 is 5.32 Å². The van der Waals surface area contributed by atoms with Gasteiger partial charge in [0.25, 0.3) is 0 Å². The first-order valence-corrected chi connectivity index (χ1v) is 7.69. The van der Waals surface area contributed by atoms with Crippen LogP contribution in [-0.2, 0) is 19.6 Å². The van der Waals surface area contributed by atoms with Gasteiger partial charge in [-0.05, 0) is 18.9 Å². The van der Waals surface area contributed by atoms with Crippen LogP contribution in [0.1, 0.15) is 12.8 Å². The number of likely N-dealkylation sites (N-methyl/N-ethyl adjacent to an activating group) is 1. The van der Waals surface area contributed by atoms with Crippen LogP contribution in [-0.4, -0.2) is 51.5 Å². The first kappa shape index (κ1) is 15.0. The minimum Gasteiger partial charge on any atom is -0.471 e. The average Bonchev–Trinajstić information content (AvgIpc) is 3.08. The molecule has 1 fully saturated rings. The molecule has 1 N–H and O–H groups in total. The van der Waals surface area contributed by atoms with Crippen LogP contribution in [0, 0.1) is 0 Å². The van der Waals surface area contributed by atoms with Gasteiger partial charge >= 0.3 is 0 Å². The number of carbonyl (C=O) groups excluding carboxylic acids is 1. The van der Waals surface area contributed by atoms with Gasteiger partial charge in [-0.25, -0.2) is 8.42 Å². The van der Waals surface area contributed by atoms with E-state index in [4.69, 9.17) is 9.15 Å². The van der Waals surface area contributed by atoms with Gasteiger partial charge in [-0.1, -0.05) is 0 Å². The molecule has 1 unspecified atom stereocenters. The van der Waals surface area contributed by atoms with Crippen molar-refractivity contribution < 1.29 is 22.4 Å². The van der Waals surface area contributed by atoms with Gasteiger partial charge in [-0.3, -0.25) is 4.79 Å². The third-order valence-corrected chi connectivity index (χ3v) is 5.49. The zero-order valence-electron chi connectivity index (χ0n) is 11.5. The Labute approximate surface area is 117 Å². The Morgan fingerprint density at radius 3 is 2.90 bits per heavy atom. The molecule has 1 atom stereocenters. The number of ether oxygens (including phenoxy) is 1. The van der Waals surface area contributed by atoms with Crippen LogP contribution >= 0.6 is 0 Å². The van der Waals surface area contributed by atoms with Crippen LogP contribution in [0.5, 0.6) is 0 Å². The van der Waals surface area contributed by atoms with Crippen molar-refractivity contribution in [1.29, 1.82) is 0 Å². The minimum absolute atomic E-state index is 0.0176. The topological polar surface area (TPSA) is 88.9 Å². The summed E-state index contributed by atoms with van der Waals surface area (Å²) in [5.41, 5.74) is -1.19. The Kier molecular flexibility index (Phi) is 4.17. The molecule has 0 aromatic carbocycles. The van der Waals surface area contributed by atoms with Crippen molar-refractivity contribution in [3.05, 3.63) is 18.6 Å². The summed E-state index contributed by atoms with van der Waals surface area (Å²) in [6, 6.07) is 1.37. The highest BCUT2D eigenvalue weighted by atomic mass is 32.2. The first-order chi connectivity index (χ1) is 9.49. The lowest BCUT2D eigenvalue weighted by Gasteiger charge is -2.34. The Bertz CT molecular complexity index is 569. The van der Waals surface area contributed by atoms with Crippen molar-refractivity contribution in [3.8, 4) is 0 Å². The summed E-state index contributed by atoms with van der Waals surface area (Å²) >= 11 is 0. The molecule has 0 radical (unpaired) electrons. The number of furan rings is 1. The summed E-state index contributed by atoms with van der Waals surface area (Å²) in [5, 5.41) is 2.53. The second kappa shape index (κ2) is 5.55. The molecule has 8 heteroatoms. The fraction of sp³-hybridized carbons (Fsp3) is 0.583. The second-order valence-electron chi connectivity index (χ2n) is 4.68. The Morgan fingerprint density at radius 2 is 2.35 bits per heavy atom. The number of nitrogens with one attached hydrogen (secondary N) is 1. The molecule has 1 aliphatic rings. The van der Waals surface area contributed by atoms with Crippen molar-refractivity contribution >= 4 is 15.9 Å². The predicted octanol–water partition coefficient (Wildman–Crippen LogP) is 0.195. The molecule has 0 spiro atoms. The zero-order chi connectivity index (χ0) is 14.8. The van der Waals surface area contributed by atoms with Crippen molar-refractivity contribution in [2.24, 2.45) is 0 Å². The number of rotatable bonds is 5. The number of methoxy groups -OCH3 is 1. The SMILES string of the molecule is CNC(=O)C1(COC)CCCN1S(=O)(=O)c1ccoc1. The van der Waals surface area contributed by atoms with E-state index in [0.717, 1.165) is 6.26 Å². The molecule has 1 aromatic heterocycles. The molecular formula is C12H18N2O5S. The molecule has 1 aliphatic heterocycles. The van der Waals surface area contributed by atoms with Crippen LogP contribution in [0.3, 0.4) is 0 Å². The van der Waals surface area contributed by atoms with E-state index in [1.54, 1.807) is 0 Å². The van der Waals surface area contributed by atoms with Gasteiger partial charge in [0.15, 0.2) is 0 Å². The normalized spacial score (nSPS) is 23.9. The van der Waals surface area contributed by atoms with Crippen molar-refractivity contribution in [1.82, 2.24) is 9.62 Å². The van der Waals surface area contributed by atoms with Gasteiger partial charge in [0.1, 0.15) is 16.7 Å². The van der Waals surface area contributed by atoms with Gasteiger partial charge in [0.05, 0.1) is 12.9 Å². The Hall–Kier alpha value is -1.38. The van der Waals surface area contributed by atoms with Crippen LogP contribution in [0.25, 0.3) is 0 Å². The molecule has 2 heterocycles. The van der Waals surface area contributed by atoms with E-state index < -0.39 is 15.6 Å². The molecule has 0 saturated carbocycles. The molecule has 1 aromatic rings. The summed E-state index contributed by atoms with van der Waals surface area (Å²) in [4.78, 5) is 12.3. The van der Waals surface area contributed by atoms with Crippen molar-refractivity contribution in [2.45, 2.75) is 23.3 Å². The number of amides is 1. The summed E-state index contributed by atoms with van der Waals surface area (Å²) in [6.45, 7) is 0.300. The maximum atomic E-state index is 12.6. The number of hydrogen-bond donors (Lipinski definition) is 1. The first-order valence-electron chi connectivity index (χ1n) is 6.25. The monoisotopic (exact) mass is 302 g/mol. The fourth-order valence-corrected chi connectivity index (χ4v) is 4.35. The quantitative estimate of drug-likeness (QED) is 0.839. The summed E-state index contributed by atoms with van der Waals surface area (Å²) in [6.07, 6.45) is 3.49. The maximum absolute atomic E-state index is 12.6. The lowest BCUT2D eigenvalue weighted by molar-refractivity contribution is -0.131. The summed E-state index contributed by atoms with van der Waals surface area (Å²) < 4.78 is 36.4. The molecule has 7 nitrogen and oxygen atoms in total. The van der Waals surface area contributed by atoms with E-state index in [2.05, 4.69) is 5.32 Å². The van der Waals surface area contributed by atoms with Gasteiger partial charge in [0.2, 0.25) is 15.9 Å². The van der Waals surface area contributed by atoms with E-state index >= 15 is 0 Å². The third-order valence-electron chi connectivity index (χ3n) is 3.54. The molecule has 0 aliphatic carbocycles. The zero-order valence-corrected chi connectivity index (χ0v) is 12.3. The minimum atomic E-state index is -3.78. The molecule has 112 valence electrons. The van der Waals surface area contributed by atoms with Crippen LogP contribution in [0.4, 0.5) is 0 Å². The standard InChI is InChI=1S/C12H18N2O5S/c1-13-11(15)12(9-18-2)5-3-6-14(12)20(16,17)10-4-7-19-8-10/h4,7-8H,3,5-6,9H2,1-2H3,(H,13,15). The van der Waals surface area contributed by atoms with Gasteiger partial charge in [0, 0.05) is 20.7 Å². The lowest BCUT2D eigenvalue weighted by atomic mass is 9.97. The van der Waals surface area contributed by atoms with E-state index in [-0.39, 0.29) is 24.0 Å². The van der Waals surface area contributed by atoms with Gasteiger partial charge < -0.3 is 14.5 Å². The fourth-order valence-electron chi connectivity index (χ4n) is 2.64. The number of hydrogen-bond acceptors (Lipinski definition) is 5. The van der Waals surface area contributed by atoms with Gasteiger partial charge in [-0.15, -0.1) is 0 Å². The molecule has 0 bridgehead atoms. The predicted molar refractivity (Wildman–Crippen MR) is 70.5 cm³/mol. The van der Waals surface area contributed by atoms with Crippen LogP contribution in [0.15, 0.2) is 27.9 Å². The summed E-state index contributed by atoms with van der Waals surface area (Å²) in [7, 11) is -0.845. The molecule has 2 rings (SSSR count). The largest absolute Gasteiger partial charge is 0.471 e. The van der Waals surface area contributed by atoms with Crippen molar-refractivity contribution in [2.75, 3.05) is 27.3 Å². The number of nitrogens with zero attached hydrogens (tertiary/aromatic N) is 1. The van der Waals surface area contributed by atoms with E-state index in [0.29, 0.717) is 12.8 Å². The highest BCUT2D eigenvalue weighted by Gasteiger charge is 2.53. The maximum Gasteiger partial charge on any atom is 0.247 e. The molecule has 1 amide bonds. The Morgan fingerprint density at radius 1 is 1.60 bits per heavy atom. The average molecular weight is 302 g/mol. The third kappa shape index (κ3) is 2.23. The molecule has 1 saturated heterocycles. The number of sulfonamides is 1. The van der Waals surface area contributed by atoms with E-state index in [1.807, 2.05) is 0 Å². The molecular weight excluding hydrogens is 284 g/mol. The van der Waals surface area contributed by atoms with Gasteiger partial charge in [-0.2, -0.15) is 4.31 Å². The summed E-state index contributed by atoms with van der Waals surface area (Å²) in [5.74, 6) is -0.357. The molecule has 20 heavy (non-hydrogen) atoms. The van der Waals surface area contributed by atoms with E-state index in [9.17, 15) is 13.2 Å². The van der Waals surface area contributed by atoms with Crippen LogP contribution in [0.2, 0.25) is 0 Å². The number of carbonyl (C=O) groups is 1. The Balaban J connectivity index is 2.46. The van der Waals surface area contributed by atoms with Crippen molar-refractivity contribution in [3.63, 3.8) is 0 Å². The highest BCUT2D eigenvalue weighted by Crippen LogP contribution is 2.35. The smallest absolute Gasteiger partial charge is 0.247 e.